The minimum atomic E-state index is -3.61. The molecule has 0 aromatic heterocycles. The third-order valence-corrected chi connectivity index (χ3v) is 4.22. The average Bonchev–Trinajstić information content (AvgIpc) is 2.47. The lowest BCUT2D eigenvalue weighted by Crippen LogP contribution is -2.40. The minimum absolute atomic E-state index is 0.0222. The summed E-state index contributed by atoms with van der Waals surface area (Å²) < 4.78 is 26.3. The summed E-state index contributed by atoms with van der Waals surface area (Å²) in [6, 6.07) is 7.36. The molecule has 0 aliphatic carbocycles. The van der Waals surface area contributed by atoms with E-state index in [0.717, 1.165) is 6.42 Å². The van der Waals surface area contributed by atoms with Crippen molar-refractivity contribution in [3.8, 4) is 0 Å². The number of hydrogen-bond donors (Lipinski definition) is 1. The zero-order valence-corrected chi connectivity index (χ0v) is 12.8. The van der Waals surface area contributed by atoms with Crippen molar-refractivity contribution >= 4 is 16.3 Å². The Bertz CT molecular complexity index is 457. The lowest BCUT2D eigenvalue weighted by atomic mass is 10.0. The molecule has 0 radical (unpaired) electrons. The Morgan fingerprint density at radius 1 is 1.21 bits per heavy atom. The quantitative estimate of drug-likeness (QED) is 0.817. The van der Waals surface area contributed by atoms with Crippen molar-refractivity contribution in [1.82, 2.24) is 4.72 Å². The number of benzene rings is 1. The molecule has 0 aliphatic rings. The normalized spacial score (nSPS) is 13.9. The van der Waals surface area contributed by atoms with Crippen LogP contribution in [0.4, 0.5) is 0 Å². The smallest absolute Gasteiger partial charge is 0.241 e. The molecule has 0 unspecified atom stereocenters. The summed E-state index contributed by atoms with van der Waals surface area (Å²) >= 11 is 0. The van der Waals surface area contributed by atoms with Gasteiger partial charge in [-0.05, 0) is 18.1 Å². The number of hydrogen-bond acceptors (Lipinski definition) is 3. The largest absolute Gasteiger partial charge is 0.302 e. The monoisotopic (exact) mass is 285 g/mol. The molecule has 0 aliphatic heterocycles. The summed E-state index contributed by atoms with van der Waals surface area (Å²) in [6.45, 7) is 7.75. The van der Waals surface area contributed by atoms with Gasteiger partial charge >= 0.3 is 0 Å². The number of carbonyl (C=O) groups excluding carboxylic acids is 1. The first-order valence-corrected chi connectivity index (χ1v) is 8.02. The SMILES string of the molecule is CC.CC[C@H](C)[C@@H](C=O)NS(=O)(=O)c1ccccc1. The molecule has 0 bridgehead atoms. The van der Waals surface area contributed by atoms with Crippen LogP contribution in [0.2, 0.25) is 0 Å². The third-order valence-electron chi connectivity index (χ3n) is 2.75. The summed E-state index contributed by atoms with van der Waals surface area (Å²) in [5, 5.41) is 0. The summed E-state index contributed by atoms with van der Waals surface area (Å²) in [7, 11) is -3.61. The van der Waals surface area contributed by atoms with Gasteiger partial charge in [0.2, 0.25) is 10.0 Å². The van der Waals surface area contributed by atoms with Crippen molar-refractivity contribution in [1.29, 1.82) is 0 Å². The number of nitrogens with one attached hydrogen (secondary N) is 1. The Labute approximate surface area is 116 Å². The van der Waals surface area contributed by atoms with E-state index in [0.29, 0.717) is 6.29 Å². The standard InChI is InChI=1S/C12H17NO3S.C2H6/c1-3-10(2)12(9-14)13-17(15,16)11-7-5-4-6-8-11;1-2/h4-10,12-13H,3H2,1-2H3;1-2H3/t10-,12+;/m0./s1. The highest BCUT2D eigenvalue weighted by molar-refractivity contribution is 7.89. The van der Waals surface area contributed by atoms with Crippen LogP contribution in [0.25, 0.3) is 0 Å². The molecular formula is C14H23NO3S. The fourth-order valence-corrected chi connectivity index (χ4v) is 2.68. The van der Waals surface area contributed by atoms with Crippen molar-refractivity contribution in [2.45, 2.75) is 45.1 Å². The molecule has 1 N–H and O–H groups in total. The van der Waals surface area contributed by atoms with Crippen LogP contribution < -0.4 is 4.72 Å². The predicted octanol–water partition coefficient (Wildman–Crippen LogP) is 2.60. The maximum atomic E-state index is 12.0. The van der Waals surface area contributed by atoms with Gasteiger partial charge in [-0.1, -0.05) is 52.3 Å². The average molecular weight is 285 g/mol. The fraction of sp³-hybridized carbons (Fsp3) is 0.500. The number of sulfonamides is 1. The number of aldehydes is 1. The molecule has 1 aromatic carbocycles. The van der Waals surface area contributed by atoms with E-state index >= 15 is 0 Å². The zero-order chi connectivity index (χ0) is 14.9. The van der Waals surface area contributed by atoms with E-state index in [4.69, 9.17) is 0 Å². The molecular weight excluding hydrogens is 262 g/mol. The van der Waals surface area contributed by atoms with Crippen molar-refractivity contribution in [3.05, 3.63) is 30.3 Å². The number of rotatable bonds is 6. The first kappa shape index (κ1) is 17.8. The van der Waals surface area contributed by atoms with E-state index in [2.05, 4.69) is 4.72 Å². The van der Waals surface area contributed by atoms with Gasteiger partial charge in [-0.25, -0.2) is 13.1 Å². The van der Waals surface area contributed by atoms with Crippen LogP contribution in [0.15, 0.2) is 35.2 Å². The summed E-state index contributed by atoms with van der Waals surface area (Å²) in [5.74, 6) is -0.0222. The van der Waals surface area contributed by atoms with E-state index in [9.17, 15) is 13.2 Å². The molecule has 5 heteroatoms. The van der Waals surface area contributed by atoms with Gasteiger partial charge in [0.25, 0.3) is 0 Å². The summed E-state index contributed by atoms with van der Waals surface area (Å²) in [5.41, 5.74) is 0. The maximum Gasteiger partial charge on any atom is 0.241 e. The van der Waals surface area contributed by atoms with E-state index in [1.165, 1.54) is 12.1 Å². The molecule has 1 aromatic rings. The zero-order valence-electron chi connectivity index (χ0n) is 12.0. The van der Waals surface area contributed by atoms with Crippen molar-refractivity contribution < 1.29 is 13.2 Å². The Hall–Kier alpha value is -1.20. The van der Waals surface area contributed by atoms with Gasteiger partial charge in [0.05, 0.1) is 10.9 Å². The second kappa shape index (κ2) is 8.82. The van der Waals surface area contributed by atoms with E-state index in [-0.39, 0.29) is 10.8 Å². The molecule has 108 valence electrons. The Morgan fingerprint density at radius 2 is 1.74 bits per heavy atom. The van der Waals surface area contributed by atoms with Gasteiger partial charge in [-0.3, -0.25) is 0 Å². The molecule has 0 fully saturated rings. The van der Waals surface area contributed by atoms with Gasteiger partial charge in [0.1, 0.15) is 6.29 Å². The van der Waals surface area contributed by atoms with E-state index in [1.807, 2.05) is 27.7 Å². The van der Waals surface area contributed by atoms with Crippen LogP contribution >= 0.6 is 0 Å². The van der Waals surface area contributed by atoms with Gasteiger partial charge in [0.15, 0.2) is 0 Å². The highest BCUT2D eigenvalue weighted by Crippen LogP contribution is 2.12. The van der Waals surface area contributed by atoms with Crippen LogP contribution in [-0.4, -0.2) is 20.7 Å². The van der Waals surface area contributed by atoms with Gasteiger partial charge in [-0.15, -0.1) is 0 Å². The first-order valence-electron chi connectivity index (χ1n) is 6.54. The molecule has 1 rings (SSSR count). The van der Waals surface area contributed by atoms with Crippen molar-refractivity contribution in [2.75, 3.05) is 0 Å². The van der Waals surface area contributed by atoms with Gasteiger partial charge < -0.3 is 4.79 Å². The molecule has 4 nitrogen and oxygen atoms in total. The molecule has 0 heterocycles. The Morgan fingerprint density at radius 3 is 2.16 bits per heavy atom. The lowest BCUT2D eigenvalue weighted by molar-refractivity contribution is -0.110. The second-order valence-electron chi connectivity index (χ2n) is 3.98. The Kier molecular flexibility index (Phi) is 8.27. The van der Waals surface area contributed by atoms with Crippen molar-refractivity contribution in [2.24, 2.45) is 5.92 Å². The van der Waals surface area contributed by atoms with Crippen LogP contribution in [0.3, 0.4) is 0 Å². The molecule has 2 atom stereocenters. The molecule has 0 spiro atoms. The van der Waals surface area contributed by atoms with Crippen LogP contribution in [0, 0.1) is 5.92 Å². The van der Waals surface area contributed by atoms with Crippen LogP contribution in [0.1, 0.15) is 34.1 Å². The van der Waals surface area contributed by atoms with E-state index < -0.39 is 16.1 Å². The number of carbonyl (C=O) groups is 1. The predicted molar refractivity (Wildman–Crippen MR) is 77.4 cm³/mol. The highest BCUT2D eigenvalue weighted by atomic mass is 32.2. The second-order valence-corrected chi connectivity index (χ2v) is 5.70. The molecule has 0 saturated heterocycles. The van der Waals surface area contributed by atoms with Gasteiger partial charge in [0, 0.05) is 0 Å². The van der Waals surface area contributed by atoms with Crippen LogP contribution in [0.5, 0.6) is 0 Å². The minimum Gasteiger partial charge on any atom is -0.302 e. The van der Waals surface area contributed by atoms with Gasteiger partial charge in [-0.2, -0.15) is 0 Å². The van der Waals surface area contributed by atoms with E-state index in [1.54, 1.807) is 18.2 Å². The lowest BCUT2D eigenvalue weighted by Gasteiger charge is -2.18. The van der Waals surface area contributed by atoms with Crippen molar-refractivity contribution in [3.63, 3.8) is 0 Å². The molecule has 19 heavy (non-hydrogen) atoms. The fourth-order valence-electron chi connectivity index (χ4n) is 1.38. The Balaban J connectivity index is 0.00000154. The third kappa shape index (κ3) is 5.53. The topological polar surface area (TPSA) is 63.2 Å². The van der Waals surface area contributed by atoms with Crippen LogP contribution in [-0.2, 0) is 14.8 Å². The highest BCUT2D eigenvalue weighted by Gasteiger charge is 2.22. The summed E-state index contributed by atoms with van der Waals surface area (Å²) in [6.07, 6.45) is 1.38. The molecule has 0 amide bonds. The molecule has 0 saturated carbocycles. The first-order chi connectivity index (χ1) is 9.01. The summed E-state index contributed by atoms with van der Waals surface area (Å²) in [4.78, 5) is 11.1. The maximum absolute atomic E-state index is 12.0.